The molecule has 0 unspecified atom stereocenters. The molecule has 1 aromatic carbocycles. The summed E-state index contributed by atoms with van der Waals surface area (Å²) in [5, 5.41) is 0.912. The fourth-order valence-corrected chi connectivity index (χ4v) is 1.88. The van der Waals surface area contributed by atoms with Gasteiger partial charge in [0.05, 0.1) is 17.9 Å². The lowest BCUT2D eigenvalue weighted by atomic mass is 10.2. The van der Waals surface area contributed by atoms with Crippen molar-refractivity contribution < 1.29 is 4.74 Å². The molecule has 3 rings (SSSR count). The molecule has 3 aromatic rings. The van der Waals surface area contributed by atoms with Gasteiger partial charge in [0.1, 0.15) is 16.4 Å². The second-order valence-corrected chi connectivity index (χ2v) is 4.47. The standard InChI is InChI=1S/C14H10N4OS/c15-14(20)11-7-18-13(8-17-11)19-12-5-1-4-10-9(12)3-2-6-16-10/h1-8H,(H2,15,20). The number of ether oxygens (including phenoxy) is 1. The third kappa shape index (κ3) is 2.41. The molecule has 2 N–H and O–H groups in total. The summed E-state index contributed by atoms with van der Waals surface area (Å²) in [6.07, 6.45) is 4.72. The Labute approximate surface area is 120 Å². The van der Waals surface area contributed by atoms with Crippen molar-refractivity contribution in [2.24, 2.45) is 5.73 Å². The van der Waals surface area contributed by atoms with Gasteiger partial charge in [-0.25, -0.2) is 9.97 Å². The lowest BCUT2D eigenvalue weighted by Gasteiger charge is -2.07. The first-order valence-corrected chi connectivity index (χ1v) is 6.28. The summed E-state index contributed by atoms with van der Waals surface area (Å²) in [5.74, 6) is 1.05. The van der Waals surface area contributed by atoms with E-state index in [-0.39, 0.29) is 4.99 Å². The van der Waals surface area contributed by atoms with Crippen LogP contribution < -0.4 is 10.5 Å². The molecule has 0 aliphatic rings. The normalized spacial score (nSPS) is 10.4. The van der Waals surface area contributed by atoms with Crippen LogP contribution in [0.1, 0.15) is 5.69 Å². The predicted molar refractivity (Wildman–Crippen MR) is 79.7 cm³/mol. The Balaban J connectivity index is 1.95. The van der Waals surface area contributed by atoms with Crippen LogP contribution in [0.3, 0.4) is 0 Å². The molecule has 0 amide bonds. The maximum absolute atomic E-state index is 5.73. The Morgan fingerprint density at radius 1 is 1.05 bits per heavy atom. The van der Waals surface area contributed by atoms with Crippen molar-refractivity contribution in [2.45, 2.75) is 0 Å². The minimum atomic E-state index is 0.207. The molecule has 6 heteroatoms. The third-order valence-corrected chi connectivity index (χ3v) is 2.91. The summed E-state index contributed by atoms with van der Waals surface area (Å²) in [5.41, 5.74) is 6.79. The Hall–Kier alpha value is -2.60. The SMILES string of the molecule is NC(=S)c1cnc(Oc2cccc3ncccc23)cn1. The number of pyridine rings is 1. The van der Waals surface area contributed by atoms with E-state index in [1.54, 1.807) is 6.20 Å². The first kappa shape index (κ1) is 12.4. The summed E-state index contributed by atoms with van der Waals surface area (Å²) in [7, 11) is 0. The van der Waals surface area contributed by atoms with Gasteiger partial charge in [-0.3, -0.25) is 4.98 Å². The van der Waals surface area contributed by atoms with Crippen molar-refractivity contribution in [3.63, 3.8) is 0 Å². The van der Waals surface area contributed by atoms with E-state index in [9.17, 15) is 0 Å². The molecular weight excluding hydrogens is 272 g/mol. The van der Waals surface area contributed by atoms with Crippen molar-refractivity contribution in [1.82, 2.24) is 15.0 Å². The van der Waals surface area contributed by atoms with Gasteiger partial charge in [0, 0.05) is 11.6 Å². The molecular formula is C14H10N4OS. The van der Waals surface area contributed by atoms with Gasteiger partial charge in [-0.15, -0.1) is 0 Å². The molecule has 5 nitrogen and oxygen atoms in total. The number of nitrogens with zero attached hydrogens (tertiary/aromatic N) is 3. The summed E-state index contributed by atoms with van der Waals surface area (Å²) in [6, 6.07) is 9.45. The number of benzene rings is 1. The van der Waals surface area contributed by atoms with E-state index in [0.29, 0.717) is 17.3 Å². The topological polar surface area (TPSA) is 73.9 Å². The van der Waals surface area contributed by atoms with E-state index in [0.717, 1.165) is 10.9 Å². The number of hydrogen-bond donors (Lipinski definition) is 1. The molecule has 0 aliphatic heterocycles. The third-order valence-electron chi connectivity index (χ3n) is 2.70. The van der Waals surface area contributed by atoms with E-state index >= 15 is 0 Å². The summed E-state index contributed by atoms with van der Waals surface area (Å²) >= 11 is 4.82. The zero-order valence-corrected chi connectivity index (χ0v) is 11.2. The van der Waals surface area contributed by atoms with E-state index in [1.165, 1.54) is 12.4 Å². The number of fused-ring (bicyclic) bond motifs is 1. The highest BCUT2D eigenvalue weighted by Crippen LogP contribution is 2.27. The summed E-state index contributed by atoms with van der Waals surface area (Å²) in [4.78, 5) is 12.7. The van der Waals surface area contributed by atoms with Crippen molar-refractivity contribution in [3.05, 3.63) is 54.6 Å². The molecule has 2 aromatic heterocycles. The number of nitrogens with two attached hydrogens (primary N) is 1. The van der Waals surface area contributed by atoms with E-state index in [4.69, 9.17) is 22.7 Å². The van der Waals surface area contributed by atoms with Crippen LogP contribution in [0.5, 0.6) is 11.6 Å². The van der Waals surface area contributed by atoms with Crippen LogP contribution in [0.4, 0.5) is 0 Å². The second-order valence-electron chi connectivity index (χ2n) is 4.03. The molecule has 2 heterocycles. The molecule has 98 valence electrons. The minimum Gasteiger partial charge on any atom is -0.437 e. The van der Waals surface area contributed by atoms with Gasteiger partial charge in [-0.05, 0) is 24.3 Å². The van der Waals surface area contributed by atoms with Crippen LogP contribution in [0, 0.1) is 0 Å². The number of rotatable bonds is 3. The monoisotopic (exact) mass is 282 g/mol. The lowest BCUT2D eigenvalue weighted by Crippen LogP contribution is -2.11. The smallest absolute Gasteiger partial charge is 0.237 e. The molecule has 0 bridgehead atoms. The zero-order chi connectivity index (χ0) is 13.9. The summed E-state index contributed by atoms with van der Waals surface area (Å²) < 4.78 is 5.73. The molecule has 0 saturated carbocycles. The molecule has 0 atom stereocenters. The molecule has 0 aliphatic carbocycles. The van der Waals surface area contributed by atoms with Crippen molar-refractivity contribution in [2.75, 3.05) is 0 Å². The number of hydrogen-bond acceptors (Lipinski definition) is 5. The van der Waals surface area contributed by atoms with Gasteiger partial charge in [-0.1, -0.05) is 18.3 Å². The van der Waals surface area contributed by atoms with Crippen LogP contribution in [0.15, 0.2) is 48.9 Å². The van der Waals surface area contributed by atoms with Crippen molar-refractivity contribution >= 4 is 28.1 Å². The van der Waals surface area contributed by atoms with Gasteiger partial charge < -0.3 is 10.5 Å². The Bertz CT molecular complexity index is 768. The van der Waals surface area contributed by atoms with E-state index < -0.39 is 0 Å². The van der Waals surface area contributed by atoms with Crippen LogP contribution in [-0.2, 0) is 0 Å². The van der Waals surface area contributed by atoms with E-state index in [2.05, 4.69) is 15.0 Å². The largest absolute Gasteiger partial charge is 0.437 e. The van der Waals surface area contributed by atoms with Gasteiger partial charge in [0.15, 0.2) is 0 Å². The van der Waals surface area contributed by atoms with Crippen LogP contribution in [0.2, 0.25) is 0 Å². The van der Waals surface area contributed by atoms with Crippen LogP contribution >= 0.6 is 12.2 Å². The van der Waals surface area contributed by atoms with Gasteiger partial charge in [-0.2, -0.15) is 0 Å². The zero-order valence-electron chi connectivity index (χ0n) is 10.4. The van der Waals surface area contributed by atoms with Crippen molar-refractivity contribution in [1.29, 1.82) is 0 Å². The van der Waals surface area contributed by atoms with Gasteiger partial charge >= 0.3 is 0 Å². The van der Waals surface area contributed by atoms with Crippen LogP contribution in [-0.4, -0.2) is 19.9 Å². The highest BCUT2D eigenvalue weighted by Gasteiger charge is 2.06. The average molecular weight is 282 g/mol. The first-order valence-electron chi connectivity index (χ1n) is 5.87. The molecule has 0 saturated heterocycles. The lowest BCUT2D eigenvalue weighted by molar-refractivity contribution is 0.465. The Kier molecular flexibility index (Phi) is 3.22. The second kappa shape index (κ2) is 5.18. The molecule has 0 radical (unpaired) electrons. The average Bonchev–Trinajstić information content (AvgIpc) is 2.48. The highest BCUT2D eigenvalue weighted by atomic mass is 32.1. The minimum absolute atomic E-state index is 0.207. The quantitative estimate of drug-likeness (QED) is 0.744. The summed E-state index contributed by atoms with van der Waals surface area (Å²) in [6.45, 7) is 0. The van der Waals surface area contributed by atoms with E-state index in [1.807, 2.05) is 30.3 Å². The maximum atomic E-state index is 5.73. The first-order chi connectivity index (χ1) is 9.74. The van der Waals surface area contributed by atoms with Gasteiger partial charge in [0.25, 0.3) is 0 Å². The van der Waals surface area contributed by atoms with Crippen LogP contribution in [0.25, 0.3) is 10.9 Å². The molecule has 20 heavy (non-hydrogen) atoms. The maximum Gasteiger partial charge on any atom is 0.237 e. The fraction of sp³-hybridized carbons (Fsp3) is 0. The number of aromatic nitrogens is 3. The molecule has 0 fully saturated rings. The van der Waals surface area contributed by atoms with Gasteiger partial charge in [0.2, 0.25) is 5.88 Å². The fourth-order valence-electron chi connectivity index (χ4n) is 1.77. The highest BCUT2D eigenvalue weighted by molar-refractivity contribution is 7.80. The number of thiocarbonyl (C=S) groups is 1. The Morgan fingerprint density at radius 2 is 1.95 bits per heavy atom. The predicted octanol–water partition coefficient (Wildman–Crippen LogP) is 2.45. The van der Waals surface area contributed by atoms with Crippen molar-refractivity contribution in [3.8, 4) is 11.6 Å². The molecule has 0 spiro atoms. The Morgan fingerprint density at radius 3 is 2.70 bits per heavy atom.